The Morgan fingerprint density at radius 3 is 2.65 bits per heavy atom. The van der Waals surface area contributed by atoms with Crippen LogP contribution in [-0.2, 0) is 0 Å². The minimum Gasteiger partial charge on any atom is -0.336 e. The average molecular weight is 266 g/mol. The summed E-state index contributed by atoms with van der Waals surface area (Å²) in [6.45, 7) is 1.66. The molecular weight excluding hydrogens is 252 g/mol. The van der Waals surface area contributed by atoms with Crippen LogP contribution in [0.1, 0.15) is 23.5 Å². The van der Waals surface area contributed by atoms with Gasteiger partial charge in [-0.05, 0) is 25.0 Å². The van der Waals surface area contributed by atoms with Crippen LogP contribution >= 0.6 is 0 Å². The number of para-hydroxylation sites is 2. The third kappa shape index (κ3) is 1.59. The normalized spacial score (nSPS) is 15.3. The molecule has 0 aliphatic carbocycles. The molecule has 1 aliphatic rings. The van der Waals surface area contributed by atoms with Crippen molar-refractivity contribution < 1.29 is 4.79 Å². The molecule has 2 aromatic heterocycles. The molecule has 1 fully saturated rings. The Labute approximate surface area is 115 Å². The number of likely N-dealkylation sites (tertiary alicyclic amines) is 1. The van der Waals surface area contributed by atoms with Gasteiger partial charge in [0.2, 0.25) is 5.82 Å². The quantitative estimate of drug-likeness (QED) is 0.678. The van der Waals surface area contributed by atoms with E-state index in [1.807, 2.05) is 33.6 Å². The SMILES string of the molecule is O=C(c1ncc2cnc3ccccc3n12)N1CCCC1. The molecule has 3 heterocycles. The summed E-state index contributed by atoms with van der Waals surface area (Å²) >= 11 is 0. The Morgan fingerprint density at radius 2 is 1.80 bits per heavy atom. The van der Waals surface area contributed by atoms with E-state index in [2.05, 4.69) is 9.97 Å². The van der Waals surface area contributed by atoms with E-state index in [-0.39, 0.29) is 5.91 Å². The van der Waals surface area contributed by atoms with Gasteiger partial charge in [0.1, 0.15) is 0 Å². The number of imidazole rings is 1. The van der Waals surface area contributed by atoms with E-state index in [9.17, 15) is 4.79 Å². The van der Waals surface area contributed by atoms with Gasteiger partial charge >= 0.3 is 0 Å². The molecule has 0 N–H and O–H groups in total. The lowest BCUT2D eigenvalue weighted by Crippen LogP contribution is -2.29. The molecule has 4 rings (SSSR count). The first-order valence-corrected chi connectivity index (χ1v) is 6.85. The number of rotatable bonds is 1. The van der Waals surface area contributed by atoms with Gasteiger partial charge in [0, 0.05) is 13.1 Å². The molecule has 1 amide bonds. The number of fused-ring (bicyclic) bond motifs is 3. The van der Waals surface area contributed by atoms with Gasteiger partial charge in [0.05, 0.1) is 28.9 Å². The maximum Gasteiger partial charge on any atom is 0.290 e. The monoisotopic (exact) mass is 266 g/mol. The van der Waals surface area contributed by atoms with Crippen molar-refractivity contribution in [3.8, 4) is 0 Å². The Balaban J connectivity index is 1.95. The number of amides is 1. The molecule has 100 valence electrons. The summed E-state index contributed by atoms with van der Waals surface area (Å²) in [5, 5.41) is 0. The molecule has 0 saturated carbocycles. The van der Waals surface area contributed by atoms with Crippen molar-refractivity contribution in [3.63, 3.8) is 0 Å². The van der Waals surface area contributed by atoms with Crippen LogP contribution in [0.3, 0.4) is 0 Å². The summed E-state index contributed by atoms with van der Waals surface area (Å²) in [6, 6.07) is 7.81. The standard InChI is InChI=1S/C15H14N4O/c20-15(18-7-3-4-8-18)14-17-10-11-9-16-12-5-1-2-6-13(12)19(11)14/h1-2,5-6,9-10H,3-4,7-8H2. The summed E-state index contributed by atoms with van der Waals surface area (Å²) in [7, 11) is 0. The number of benzene rings is 1. The van der Waals surface area contributed by atoms with Crippen LogP contribution in [0.2, 0.25) is 0 Å². The zero-order valence-corrected chi connectivity index (χ0v) is 11.0. The highest BCUT2D eigenvalue weighted by Crippen LogP contribution is 2.19. The molecule has 0 radical (unpaired) electrons. The number of hydrogen-bond acceptors (Lipinski definition) is 3. The zero-order valence-electron chi connectivity index (χ0n) is 11.0. The Hall–Kier alpha value is -2.43. The fourth-order valence-electron chi connectivity index (χ4n) is 2.82. The van der Waals surface area contributed by atoms with Gasteiger partial charge in [-0.25, -0.2) is 4.98 Å². The molecule has 0 bridgehead atoms. The molecule has 5 heteroatoms. The van der Waals surface area contributed by atoms with Gasteiger partial charge in [-0.1, -0.05) is 12.1 Å². The van der Waals surface area contributed by atoms with E-state index in [4.69, 9.17) is 0 Å². The van der Waals surface area contributed by atoms with E-state index in [0.29, 0.717) is 5.82 Å². The summed E-state index contributed by atoms with van der Waals surface area (Å²) < 4.78 is 1.91. The van der Waals surface area contributed by atoms with Crippen LogP contribution in [0.25, 0.3) is 16.6 Å². The smallest absolute Gasteiger partial charge is 0.290 e. The van der Waals surface area contributed by atoms with Crippen LogP contribution in [-0.4, -0.2) is 38.3 Å². The van der Waals surface area contributed by atoms with Gasteiger partial charge in [0.25, 0.3) is 5.91 Å². The fraction of sp³-hybridized carbons (Fsp3) is 0.267. The van der Waals surface area contributed by atoms with Gasteiger partial charge < -0.3 is 4.90 Å². The molecule has 1 saturated heterocycles. The number of carbonyl (C=O) groups excluding carboxylic acids is 1. The molecule has 20 heavy (non-hydrogen) atoms. The summed E-state index contributed by atoms with van der Waals surface area (Å²) in [5.74, 6) is 0.499. The highest BCUT2D eigenvalue weighted by Gasteiger charge is 2.23. The number of carbonyl (C=O) groups is 1. The Bertz CT molecular complexity index is 802. The van der Waals surface area contributed by atoms with Crippen LogP contribution in [0.5, 0.6) is 0 Å². The lowest BCUT2D eigenvalue weighted by atomic mass is 10.3. The minimum atomic E-state index is 0.0128. The minimum absolute atomic E-state index is 0.0128. The molecule has 0 unspecified atom stereocenters. The third-order valence-electron chi connectivity index (χ3n) is 3.83. The van der Waals surface area contributed by atoms with Crippen LogP contribution in [0, 0.1) is 0 Å². The summed E-state index contributed by atoms with van der Waals surface area (Å²) in [5.41, 5.74) is 2.64. The van der Waals surface area contributed by atoms with Crippen molar-refractivity contribution in [2.24, 2.45) is 0 Å². The topological polar surface area (TPSA) is 50.5 Å². The van der Waals surface area contributed by atoms with E-state index in [1.165, 1.54) is 0 Å². The molecular formula is C15H14N4O. The van der Waals surface area contributed by atoms with Gasteiger partial charge in [0.15, 0.2) is 0 Å². The zero-order chi connectivity index (χ0) is 13.5. The largest absolute Gasteiger partial charge is 0.336 e. The molecule has 1 aliphatic heterocycles. The average Bonchev–Trinajstić information content (AvgIpc) is 3.16. The lowest BCUT2D eigenvalue weighted by Gasteiger charge is -2.14. The molecule has 5 nitrogen and oxygen atoms in total. The van der Waals surface area contributed by atoms with Gasteiger partial charge in [-0.2, -0.15) is 0 Å². The van der Waals surface area contributed by atoms with Gasteiger partial charge in [-0.3, -0.25) is 14.2 Å². The van der Waals surface area contributed by atoms with Crippen molar-refractivity contribution >= 4 is 22.5 Å². The Kier molecular flexibility index (Phi) is 2.45. The van der Waals surface area contributed by atoms with Crippen molar-refractivity contribution in [1.29, 1.82) is 0 Å². The van der Waals surface area contributed by atoms with Crippen LogP contribution < -0.4 is 0 Å². The van der Waals surface area contributed by atoms with Crippen LogP contribution in [0.15, 0.2) is 36.7 Å². The maximum atomic E-state index is 12.6. The molecule has 3 aromatic rings. The van der Waals surface area contributed by atoms with Crippen LogP contribution in [0.4, 0.5) is 0 Å². The van der Waals surface area contributed by atoms with Crippen molar-refractivity contribution in [2.45, 2.75) is 12.8 Å². The molecule has 1 aromatic carbocycles. The molecule has 0 atom stereocenters. The van der Waals surface area contributed by atoms with Crippen molar-refractivity contribution in [2.75, 3.05) is 13.1 Å². The highest BCUT2D eigenvalue weighted by atomic mass is 16.2. The Morgan fingerprint density at radius 1 is 1.05 bits per heavy atom. The van der Waals surface area contributed by atoms with Crippen molar-refractivity contribution in [1.82, 2.24) is 19.3 Å². The lowest BCUT2D eigenvalue weighted by molar-refractivity contribution is 0.0780. The van der Waals surface area contributed by atoms with E-state index < -0.39 is 0 Å². The molecule has 0 spiro atoms. The van der Waals surface area contributed by atoms with Gasteiger partial charge in [-0.15, -0.1) is 0 Å². The summed E-state index contributed by atoms with van der Waals surface area (Å²) in [4.78, 5) is 23.2. The first-order valence-electron chi connectivity index (χ1n) is 6.85. The predicted octanol–water partition coefficient (Wildman–Crippen LogP) is 2.12. The third-order valence-corrected chi connectivity index (χ3v) is 3.83. The maximum absolute atomic E-state index is 12.6. The highest BCUT2D eigenvalue weighted by molar-refractivity contribution is 5.94. The number of hydrogen-bond donors (Lipinski definition) is 0. The predicted molar refractivity (Wildman–Crippen MR) is 75.6 cm³/mol. The second kappa shape index (κ2) is 4.30. The second-order valence-electron chi connectivity index (χ2n) is 5.09. The first-order chi connectivity index (χ1) is 9.84. The number of nitrogens with zero attached hydrogens (tertiary/aromatic N) is 4. The van der Waals surface area contributed by atoms with Crippen molar-refractivity contribution in [3.05, 3.63) is 42.5 Å². The van der Waals surface area contributed by atoms with E-state index >= 15 is 0 Å². The van der Waals surface area contributed by atoms with E-state index in [1.54, 1.807) is 12.4 Å². The summed E-state index contributed by atoms with van der Waals surface area (Å²) in [6.07, 6.45) is 5.63. The number of aromatic nitrogens is 3. The second-order valence-corrected chi connectivity index (χ2v) is 5.09. The van der Waals surface area contributed by atoms with E-state index in [0.717, 1.165) is 42.5 Å². The fourth-order valence-corrected chi connectivity index (χ4v) is 2.82. The first kappa shape index (κ1) is 11.4.